The standard InChI is InChI=1S/C22H19N5O/c1-12(13-2-3-13)24-22-17-6-4-15(9-19(17)26-27-20(22)11-23)14-5-7-18-16(8-14)10-21(28)25-18/h4-9,12-13H,2-3,10H2,1H3,(H,24,26)(H,25,28)/t12-/m1/s1. The largest absolute Gasteiger partial charge is 0.379 e. The smallest absolute Gasteiger partial charge is 0.228 e. The summed E-state index contributed by atoms with van der Waals surface area (Å²) in [5, 5.41) is 25.1. The number of carbonyl (C=O) groups excluding carboxylic acids is 1. The second-order valence-corrected chi connectivity index (χ2v) is 7.63. The Labute approximate surface area is 162 Å². The van der Waals surface area contributed by atoms with E-state index in [0.29, 0.717) is 24.1 Å². The molecule has 0 spiro atoms. The van der Waals surface area contributed by atoms with Crippen molar-refractivity contribution in [2.75, 3.05) is 10.6 Å². The molecule has 1 amide bonds. The van der Waals surface area contributed by atoms with E-state index in [1.54, 1.807) is 0 Å². The van der Waals surface area contributed by atoms with Crippen LogP contribution in [0.5, 0.6) is 0 Å². The molecule has 1 aromatic heterocycles. The van der Waals surface area contributed by atoms with Crippen molar-refractivity contribution < 1.29 is 4.79 Å². The lowest BCUT2D eigenvalue weighted by atomic mass is 10.00. The highest BCUT2D eigenvalue weighted by atomic mass is 16.1. The SMILES string of the molecule is C[C@@H](Nc1c(C#N)nnc2cc(-c3ccc4c(c3)CC(=O)N4)ccc12)C1CC1. The van der Waals surface area contributed by atoms with Gasteiger partial charge < -0.3 is 10.6 Å². The van der Waals surface area contributed by atoms with Crippen LogP contribution >= 0.6 is 0 Å². The third-order valence-corrected chi connectivity index (χ3v) is 5.63. The van der Waals surface area contributed by atoms with Crippen LogP contribution < -0.4 is 10.6 Å². The summed E-state index contributed by atoms with van der Waals surface area (Å²) in [5.74, 6) is 0.692. The fourth-order valence-corrected chi connectivity index (χ4v) is 3.86. The molecule has 1 aliphatic carbocycles. The topological polar surface area (TPSA) is 90.7 Å². The van der Waals surface area contributed by atoms with Gasteiger partial charge in [-0.3, -0.25) is 4.79 Å². The molecule has 1 saturated carbocycles. The second-order valence-electron chi connectivity index (χ2n) is 7.63. The van der Waals surface area contributed by atoms with Gasteiger partial charge in [-0.2, -0.15) is 5.26 Å². The monoisotopic (exact) mass is 369 g/mol. The summed E-state index contributed by atoms with van der Waals surface area (Å²) in [6, 6.07) is 14.5. The summed E-state index contributed by atoms with van der Waals surface area (Å²) >= 11 is 0. The van der Waals surface area contributed by atoms with Crippen LogP contribution in [0, 0.1) is 17.2 Å². The molecule has 6 heteroatoms. The Hall–Kier alpha value is -3.46. The van der Waals surface area contributed by atoms with Crippen LogP contribution in [0.1, 0.15) is 31.0 Å². The van der Waals surface area contributed by atoms with Crippen LogP contribution in [-0.4, -0.2) is 22.1 Å². The van der Waals surface area contributed by atoms with Crippen molar-refractivity contribution in [3.63, 3.8) is 0 Å². The minimum absolute atomic E-state index is 0.0288. The first-order valence-corrected chi connectivity index (χ1v) is 9.52. The quantitative estimate of drug-likeness (QED) is 0.728. The molecule has 2 heterocycles. The molecule has 1 fully saturated rings. The maximum Gasteiger partial charge on any atom is 0.228 e. The molecule has 138 valence electrons. The number of nitrogens with one attached hydrogen (secondary N) is 2. The summed E-state index contributed by atoms with van der Waals surface area (Å²) < 4.78 is 0. The Kier molecular flexibility index (Phi) is 3.76. The number of nitriles is 1. The Morgan fingerprint density at radius 3 is 2.75 bits per heavy atom. The highest BCUT2D eigenvalue weighted by Gasteiger charge is 2.29. The van der Waals surface area contributed by atoms with E-state index < -0.39 is 0 Å². The average Bonchev–Trinajstić information content (AvgIpc) is 3.48. The molecule has 2 aromatic carbocycles. The number of carbonyl (C=O) groups is 1. The van der Waals surface area contributed by atoms with Gasteiger partial charge in [0, 0.05) is 17.1 Å². The third kappa shape index (κ3) is 2.85. The first-order valence-electron chi connectivity index (χ1n) is 9.52. The number of rotatable bonds is 4. The van der Waals surface area contributed by atoms with Gasteiger partial charge in [-0.15, -0.1) is 10.2 Å². The fourth-order valence-electron chi connectivity index (χ4n) is 3.86. The first kappa shape index (κ1) is 16.7. The highest BCUT2D eigenvalue weighted by Crippen LogP contribution is 2.36. The summed E-state index contributed by atoms with van der Waals surface area (Å²) in [6.07, 6.45) is 2.87. The van der Waals surface area contributed by atoms with E-state index in [0.717, 1.165) is 39.0 Å². The third-order valence-electron chi connectivity index (χ3n) is 5.63. The Morgan fingerprint density at radius 2 is 1.96 bits per heavy atom. The molecular weight excluding hydrogens is 350 g/mol. The highest BCUT2D eigenvalue weighted by molar-refractivity contribution is 6.00. The maximum absolute atomic E-state index is 11.6. The van der Waals surface area contributed by atoms with Crippen molar-refractivity contribution in [2.24, 2.45) is 5.92 Å². The number of hydrogen-bond acceptors (Lipinski definition) is 5. The molecular formula is C22H19N5O. The minimum Gasteiger partial charge on any atom is -0.379 e. The predicted molar refractivity (Wildman–Crippen MR) is 108 cm³/mol. The average molecular weight is 369 g/mol. The molecule has 3 aromatic rings. The summed E-state index contributed by atoms with van der Waals surface area (Å²) in [7, 11) is 0. The van der Waals surface area contributed by atoms with Gasteiger partial charge in [0.2, 0.25) is 5.91 Å². The summed E-state index contributed by atoms with van der Waals surface area (Å²) in [5.41, 5.74) is 5.77. The van der Waals surface area contributed by atoms with Gasteiger partial charge in [-0.05, 0) is 66.6 Å². The molecule has 0 bridgehead atoms. The van der Waals surface area contributed by atoms with Crippen molar-refractivity contribution in [1.29, 1.82) is 5.26 Å². The number of aromatic nitrogens is 2. The Bertz CT molecular complexity index is 1160. The normalized spacial score (nSPS) is 16.4. The van der Waals surface area contributed by atoms with Crippen molar-refractivity contribution in [2.45, 2.75) is 32.2 Å². The van der Waals surface area contributed by atoms with E-state index in [2.05, 4.69) is 33.8 Å². The molecule has 2 aliphatic rings. The van der Waals surface area contributed by atoms with Crippen molar-refractivity contribution in [3.8, 4) is 17.2 Å². The van der Waals surface area contributed by atoms with Crippen LogP contribution in [0.15, 0.2) is 36.4 Å². The van der Waals surface area contributed by atoms with Crippen LogP contribution in [0.25, 0.3) is 22.0 Å². The summed E-state index contributed by atoms with van der Waals surface area (Å²) in [6.45, 7) is 2.15. The van der Waals surface area contributed by atoms with E-state index in [4.69, 9.17) is 0 Å². The first-order chi connectivity index (χ1) is 13.6. The number of anilines is 2. The van der Waals surface area contributed by atoms with Gasteiger partial charge in [0.15, 0.2) is 5.69 Å². The van der Waals surface area contributed by atoms with E-state index in [9.17, 15) is 10.1 Å². The van der Waals surface area contributed by atoms with Crippen molar-refractivity contribution >= 4 is 28.2 Å². The predicted octanol–water partition coefficient (Wildman–Crippen LogP) is 3.87. The number of hydrogen-bond donors (Lipinski definition) is 2. The zero-order valence-corrected chi connectivity index (χ0v) is 15.5. The molecule has 2 N–H and O–H groups in total. The zero-order valence-electron chi connectivity index (χ0n) is 15.5. The number of fused-ring (bicyclic) bond motifs is 2. The lowest BCUT2D eigenvalue weighted by Crippen LogP contribution is -2.19. The lowest BCUT2D eigenvalue weighted by molar-refractivity contribution is -0.115. The Balaban J connectivity index is 1.56. The molecule has 1 atom stereocenters. The zero-order chi connectivity index (χ0) is 19.3. The Morgan fingerprint density at radius 1 is 1.18 bits per heavy atom. The molecule has 0 unspecified atom stereocenters. The molecule has 5 rings (SSSR count). The van der Waals surface area contributed by atoms with E-state index >= 15 is 0 Å². The van der Waals surface area contributed by atoms with Gasteiger partial charge >= 0.3 is 0 Å². The second kappa shape index (κ2) is 6.31. The maximum atomic E-state index is 11.6. The minimum atomic E-state index is 0.0288. The van der Waals surface area contributed by atoms with Gasteiger partial charge in [-0.1, -0.05) is 12.1 Å². The van der Waals surface area contributed by atoms with Crippen molar-refractivity contribution in [1.82, 2.24) is 10.2 Å². The van der Waals surface area contributed by atoms with Crippen LogP contribution in [0.4, 0.5) is 11.4 Å². The number of nitrogens with zero attached hydrogens (tertiary/aromatic N) is 3. The van der Waals surface area contributed by atoms with Gasteiger partial charge in [0.25, 0.3) is 0 Å². The van der Waals surface area contributed by atoms with Crippen molar-refractivity contribution in [3.05, 3.63) is 47.7 Å². The number of amides is 1. The molecule has 28 heavy (non-hydrogen) atoms. The van der Waals surface area contributed by atoms with Crippen LogP contribution in [0.3, 0.4) is 0 Å². The number of benzene rings is 2. The molecule has 0 radical (unpaired) electrons. The molecule has 1 aliphatic heterocycles. The van der Waals surface area contributed by atoms with Crippen LogP contribution in [-0.2, 0) is 11.2 Å². The summed E-state index contributed by atoms with van der Waals surface area (Å²) in [4.78, 5) is 11.6. The van der Waals surface area contributed by atoms with Gasteiger partial charge in [0.05, 0.1) is 17.6 Å². The van der Waals surface area contributed by atoms with Gasteiger partial charge in [-0.25, -0.2) is 0 Å². The molecule has 0 saturated heterocycles. The van der Waals surface area contributed by atoms with Crippen LogP contribution in [0.2, 0.25) is 0 Å². The molecule has 6 nitrogen and oxygen atoms in total. The van der Waals surface area contributed by atoms with Gasteiger partial charge in [0.1, 0.15) is 6.07 Å². The van der Waals surface area contributed by atoms with E-state index in [1.165, 1.54) is 12.8 Å². The lowest BCUT2D eigenvalue weighted by Gasteiger charge is -2.17. The van der Waals surface area contributed by atoms with E-state index in [-0.39, 0.29) is 5.91 Å². The van der Waals surface area contributed by atoms with E-state index in [1.807, 2.05) is 36.4 Å². The fraction of sp³-hybridized carbons (Fsp3) is 0.273.